The number of rotatable bonds is 7. The molecule has 4 rings (SSSR count). The van der Waals surface area contributed by atoms with Crippen LogP contribution in [0.4, 0.5) is 8.78 Å². The van der Waals surface area contributed by atoms with Gasteiger partial charge in [-0.1, -0.05) is 0 Å². The van der Waals surface area contributed by atoms with Crippen LogP contribution in [0.3, 0.4) is 0 Å². The van der Waals surface area contributed by atoms with E-state index < -0.39 is 11.8 Å². The summed E-state index contributed by atoms with van der Waals surface area (Å²) in [7, 11) is 0. The van der Waals surface area contributed by atoms with Gasteiger partial charge in [-0.2, -0.15) is 0 Å². The Hall–Kier alpha value is -2.93. The number of carboxylic acids is 1. The zero-order valence-electron chi connectivity index (χ0n) is 15.8. The summed E-state index contributed by atoms with van der Waals surface area (Å²) < 4.78 is 34.8. The minimum atomic E-state index is -1.08. The molecule has 152 valence electrons. The van der Waals surface area contributed by atoms with Crippen molar-refractivity contribution in [2.24, 2.45) is 0 Å². The first-order valence-corrected chi connectivity index (χ1v) is 9.68. The van der Waals surface area contributed by atoms with Crippen molar-refractivity contribution in [2.45, 2.75) is 31.8 Å². The van der Waals surface area contributed by atoms with E-state index in [4.69, 9.17) is 4.74 Å². The van der Waals surface area contributed by atoms with Crippen LogP contribution in [0.1, 0.15) is 28.8 Å². The summed E-state index contributed by atoms with van der Waals surface area (Å²) in [5.41, 5.74) is 1.51. The van der Waals surface area contributed by atoms with Crippen LogP contribution in [0.15, 0.2) is 42.6 Å². The van der Waals surface area contributed by atoms with E-state index in [0.717, 1.165) is 42.9 Å². The van der Waals surface area contributed by atoms with E-state index in [1.54, 1.807) is 6.07 Å². The number of unbranched alkanes of at least 4 members (excludes halogenated alkanes) is 1. The van der Waals surface area contributed by atoms with Gasteiger partial charge >= 0.3 is 5.97 Å². The maximum Gasteiger partial charge on any atom is 0.336 e. The average molecular weight is 400 g/mol. The molecule has 0 saturated carbocycles. The summed E-state index contributed by atoms with van der Waals surface area (Å²) in [6.07, 6.45) is 4.24. The number of nitrogens with zero attached hydrogens (tertiary/aromatic N) is 1. The highest BCUT2D eigenvalue weighted by Gasteiger charge is 2.27. The van der Waals surface area contributed by atoms with Crippen molar-refractivity contribution in [1.29, 1.82) is 0 Å². The molecule has 1 unspecified atom stereocenters. The van der Waals surface area contributed by atoms with Crippen LogP contribution < -0.4 is 10.1 Å². The molecule has 1 atom stereocenters. The van der Waals surface area contributed by atoms with Crippen molar-refractivity contribution in [1.82, 2.24) is 9.88 Å². The second kappa shape index (κ2) is 8.21. The maximum atomic E-state index is 13.9. The van der Waals surface area contributed by atoms with E-state index in [2.05, 4.69) is 9.88 Å². The van der Waals surface area contributed by atoms with Gasteiger partial charge in [0.05, 0.1) is 5.56 Å². The minimum absolute atomic E-state index is 0.0545. The van der Waals surface area contributed by atoms with Crippen LogP contribution in [-0.4, -0.2) is 34.8 Å². The van der Waals surface area contributed by atoms with Crippen LogP contribution >= 0.6 is 0 Å². The first-order chi connectivity index (χ1) is 14.0. The lowest BCUT2D eigenvalue weighted by Gasteiger charge is -2.27. The molecule has 2 aromatic carbocycles. The van der Waals surface area contributed by atoms with E-state index in [9.17, 15) is 18.7 Å². The first kappa shape index (κ1) is 19.4. The number of carbonyl (C=O) groups is 1. The van der Waals surface area contributed by atoms with Crippen LogP contribution in [-0.2, 0) is 13.0 Å². The summed E-state index contributed by atoms with van der Waals surface area (Å²) >= 11 is 0. The Balaban J connectivity index is 1.29. The third-order valence-electron chi connectivity index (χ3n) is 5.31. The molecule has 3 aromatic rings. The Morgan fingerprint density at radius 3 is 2.90 bits per heavy atom. The Kier molecular flexibility index (Phi) is 5.49. The Bertz CT molecular complexity index is 1050. The summed E-state index contributed by atoms with van der Waals surface area (Å²) in [6, 6.07) is 9.06. The molecule has 5 nitrogen and oxygen atoms in total. The number of aryl methyl sites for hydroxylation is 1. The van der Waals surface area contributed by atoms with Crippen molar-refractivity contribution < 1.29 is 23.4 Å². The number of aromatic nitrogens is 1. The summed E-state index contributed by atoms with van der Waals surface area (Å²) in [5.74, 6) is -1.79. The van der Waals surface area contributed by atoms with Crippen LogP contribution in [0.25, 0.3) is 10.9 Å². The summed E-state index contributed by atoms with van der Waals surface area (Å²) in [6.45, 7) is 1.88. The largest absolute Gasteiger partial charge is 0.489 e. The molecule has 0 spiro atoms. The van der Waals surface area contributed by atoms with E-state index in [1.165, 1.54) is 18.2 Å². The number of benzene rings is 2. The number of hydrogen-bond acceptors (Lipinski definition) is 3. The molecule has 0 bridgehead atoms. The highest BCUT2D eigenvalue weighted by atomic mass is 19.1. The molecule has 29 heavy (non-hydrogen) atoms. The van der Waals surface area contributed by atoms with E-state index in [-0.39, 0.29) is 23.2 Å². The normalized spacial score (nSPS) is 15.9. The van der Waals surface area contributed by atoms with Crippen molar-refractivity contribution in [3.8, 4) is 5.75 Å². The van der Waals surface area contributed by atoms with Gasteiger partial charge in [0, 0.05) is 35.2 Å². The first-order valence-electron chi connectivity index (χ1n) is 9.68. The molecule has 0 aliphatic carbocycles. The van der Waals surface area contributed by atoms with Gasteiger partial charge in [0.1, 0.15) is 12.4 Å². The molecule has 0 amide bonds. The van der Waals surface area contributed by atoms with Gasteiger partial charge < -0.3 is 19.7 Å². The third kappa shape index (κ3) is 4.10. The molecule has 2 N–H and O–H groups in total. The molecule has 7 heteroatoms. The lowest BCUT2D eigenvalue weighted by molar-refractivity contribution is 0.0693. The van der Waals surface area contributed by atoms with Crippen molar-refractivity contribution >= 4 is 16.9 Å². The fourth-order valence-corrected chi connectivity index (χ4v) is 3.86. The summed E-state index contributed by atoms with van der Waals surface area (Å²) in [5, 5.41) is 13.6. The maximum absolute atomic E-state index is 13.9. The topological polar surface area (TPSA) is 63.5 Å². The van der Waals surface area contributed by atoms with E-state index in [0.29, 0.717) is 18.6 Å². The lowest BCUT2D eigenvalue weighted by atomic mass is 9.96. The van der Waals surface area contributed by atoms with Crippen molar-refractivity contribution in [3.63, 3.8) is 0 Å². The molecular formula is C22H22F2N2O3. The Labute approximate surface area is 166 Å². The second-order valence-electron chi connectivity index (χ2n) is 7.29. The van der Waals surface area contributed by atoms with Crippen LogP contribution in [0, 0.1) is 11.6 Å². The number of ether oxygens (including phenoxy) is 1. The van der Waals surface area contributed by atoms with Gasteiger partial charge in [0.2, 0.25) is 0 Å². The SMILES string of the molecule is O=C(O)c1ccc(F)c2c1CC(NCCCCn1ccc3cc(F)ccc31)CO2. The van der Waals surface area contributed by atoms with E-state index in [1.807, 2.05) is 12.3 Å². The molecule has 1 aromatic heterocycles. The Morgan fingerprint density at radius 1 is 1.21 bits per heavy atom. The minimum Gasteiger partial charge on any atom is -0.489 e. The molecule has 0 saturated heterocycles. The molecule has 1 aliphatic rings. The van der Waals surface area contributed by atoms with Gasteiger partial charge in [0.25, 0.3) is 0 Å². The fourth-order valence-electron chi connectivity index (χ4n) is 3.86. The number of aromatic carboxylic acids is 1. The van der Waals surface area contributed by atoms with Crippen LogP contribution in [0.5, 0.6) is 5.75 Å². The zero-order valence-corrected chi connectivity index (χ0v) is 15.8. The molecule has 0 radical (unpaired) electrons. The van der Waals surface area contributed by atoms with Gasteiger partial charge in [0.15, 0.2) is 11.6 Å². The summed E-state index contributed by atoms with van der Waals surface area (Å²) in [4.78, 5) is 11.4. The molecule has 1 aliphatic heterocycles. The van der Waals surface area contributed by atoms with Gasteiger partial charge in [-0.15, -0.1) is 0 Å². The standard InChI is InChI=1S/C22H22F2N2O3/c23-15-3-6-20-14(11-15)7-10-26(20)9-2-1-8-25-16-12-18-17(22(27)28)4-5-19(24)21(18)29-13-16/h3-7,10-11,16,25H,1-2,8-9,12-13H2,(H,27,28). The second-order valence-corrected chi connectivity index (χ2v) is 7.29. The van der Waals surface area contributed by atoms with E-state index >= 15 is 0 Å². The number of nitrogens with one attached hydrogen (secondary N) is 1. The quantitative estimate of drug-likeness (QED) is 0.589. The highest BCUT2D eigenvalue weighted by Crippen LogP contribution is 2.31. The fraction of sp³-hybridized carbons (Fsp3) is 0.318. The number of carboxylic acid groups (broad SMARTS) is 1. The predicted molar refractivity (Wildman–Crippen MR) is 105 cm³/mol. The number of hydrogen-bond donors (Lipinski definition) is 2. The van der Waals surface area contributed by atoms with Crippen molar-refractivity contribution in [2.75, 3.05) is 13.2 Å². The highest BCUT2D eigenvalue weighted by molar-refractivity contribution is 5.90. The van der Waals surface area contributed by atoms with Gasteiger partial charge in [-0.3, -0.25) is 0 Å². The smallest absolute Gasteiger partial charge is 0.336 e. The molecule has 0 fully saturated rings. The molecular weight excluding hydrogens is 378 g/mol. The van der Waals surface area contributed by atoms with Crippen LogP contribution in [0.2, 0.25) is 0 Å². The lowest BCUT2D eigenvalue weighted by Crippen LogP contribution is -2.40. The number of fused-ring (bicyclic) bond motifs is 2. The number of halogens is 2. The predicted octanol–water partition coefficient (Wildman–Crippen LogP) is 3.99. The average Bonchev–Trinajstić information content (AvgIpc) is 3.09. The molecule has 2 heterocycles. The third-order valence-corrected chi connectivity index (χ3v) is 5.31. The Morgan fingerprint density at radius 2 is 2.07 bits per heavy atom. The van der Waals surface area contributed by atoms with Gasteiger partial charge in [-0.05, 0) is 62.2 Å². The monoisotopic (exact) mass is 400 g/mol. The van der Waals surface area contributed by atoms with Gasteiger partial charge in [-0.25, -0.2) is 13.6 Å². The zero-order chi connectivity index (χ0) is 20.4. The van der Waals surface area contributed by atoms with Crippen molar-refractivity contribution in [3.05, 3.63) is 65.4 Å².